The van der Waals surface area contributed by atoms with Crippen molar-refractivity contribution in [1.29, 1.82) is 0 Å². The molecule has 1 aromatic heterocycles. The highest BCUT2D eigenvalue weighted by molar-refractivity contribution is 7.22. The second-order valence-corrected chi connectivity index (χ2v) is 6.16. The molecule has 0 amide bonds. The van der Waals surface area contributed by atoms with Crippen LogP contribution in [0.25, 0.3) is 10.2 Å². The van der Waals surface area contributed by atoms with Crippen LogP contribution in [-0.4, -0.2) is 12.1 Å². The molecule has 3 rings (SSSR count). The first-order valence-corrected chi connectivity index (χ1v) is 7.75. The van der Waals surface area contributed by atoms with Crippen LogP contribution >= 0.6 is 11.3 Å². The summed E-state index contributed by atoms with van der Waals surface area (Å²) in [4.78, 5) is 4.62. The first-order chi connectivity index (χ1) is 10.2. The maximum Gasteiger partial charge on any atom is 0.184 e. The van der Waals surface area contributed by atoms with Gasteiger partial charge in [0.1, 0.15) is 5.75 Å². The van der Waals surface area contributed by atoms with Crippen molar-refractivity contribution in [2.75, 3.05) is 12.4 Å². The van der Waals surface area contributed by atoms with Gasteiger partial charge in [0.2, 0.25) is 0 Å². The molecule has 3 aromatic rings. The van der Waals surface area contributed by atoms with Gasteiger partial charge in [0.15, 0.2) is 5.13 Å². The van der Waals surface area contributed by atoms with Gasteiger partial charge in [0.25, 0.3) is 0 Å². The van der Waals surface area contributed by atoms with Crippen molar-refractivity contribution in [3.8, 4) is 5.75 Å². The largest absolute Gasteiger partial charge is 0.497 e. The Labute approximate surface area is 128 Å². The maximum absolute atomic E-state index is 5.25. The quantitative estimate of drug-likeness (QED) is 0.752. The topological polar surface area (TPSA) is 34.1 Å². The van der Waals surface area contributed by atoms with Crippen molar-refractivity contribution < 1.29 is 4.74 Å². The number of nitrogens with zero attached hydrogens (tertiary/aromatic N) is 1. The van der Waals surface area contributed by atoms with Crippen LogP contribution in [0.1, 0.15) is 24.1 Å². The maximum atomic E-state index is 5.25. The number of rotatable bonds is 4. The predicted octanol–water partition coefficient (Wildman–Crippen LogP) is 4.79. The first-order valence-electron chi connectivity index (χ1n) is 6.93. The highest BCUT2D eigenvalue weighted by atomic mass is 32.1. The summed E-state index contributed by atoms with van der Waals surface area (Å²) in [6.45, 7) is 4.25. The number of benzene rings is 2. The number of aromatic nitrogens is 1. The Morgan fingerprint density at radius 3 is 2.62 bits per heavy atom. The number of anilines is 1. The van der Waals surface area contributed by atoms with Crippen LogP contribution in [0.5, 0.6) is 5.75 Å². The Balaban J connectivity index is 1.82. The van der Waals surface area contributed by atoms with Gasteiger partial charge in [-0.2, -0.15) is 0 Å². The van der Waals surface area contributed by atoms with Crippen molar-refractivity contribution in [3.63, 3.8) is 0 Å². The second kappa shape index (κ2) is 5.74. The van der Waals surface area contributed by atoms with Crippen molar-refractivity contribution in [2.45, 2.75) is 19.9 Å². The molecular weight excluding hydrogens is 280 g/mol. The minimum atomic E-state index is 0.230. The van der Waals surface area contributed by atoms with E-state index in [4.69, 9.17) is 4.74 Å². The van der Waals surface area contributed by atoms with Gasteiger partial charge >= 0.3 is 0 Å². The summed E-state index contributed by atoms with van der Waals surface area (Å²) in [5.74, 6) is 0.865. The fourth-order valence-corrected chi connectivity index (χ4v) is 3.20. The van der Waals surface area contributed by atoms with Crippen molar-refractivity contribution in [1.82, 2.24) is 4.98 Å². The summed E-state index contributed by atoms with van der Waals surface area (Å²) in [6, 6.07) is 14.8. The summed E-state index contributed by atoms with van der Waals surface area (Å²) in [6.07, 6.45) is 0. The average Bonchev–Trinajstić information content (AvgIpc) is 2.88. The number of hydrogen-bond acceptors (Lipinski definition) is 4. The zero-order valence-corrected chi connectivity index (χ0v) is 13.2. The highest BCUT2D eigenvalue weighted by Crippen LogP contribution is 2.31. The third-order valence-electron chi connectivity index (χ3n) is 3.51. The van der Waals surface area contributed by atoms with Crippen LogP contribution < -0.4 is 10.1 Å². The van der Waals surface area contributed by atoms with E-state index in [1.807, 2.05) is 18.2 Å². The monoisotopic (exact) mass is 298 g/mol. The second-order valence-electron chi connectivity index (χ2n) is 5.13. The number of nitrogens with one attached hydrogen (secondary N) is 1. The van der Waals surface area contributed by atoms with Gasteiger partial charge < -0.3 is 10.1 Å². The number of methoxy groups -OCH3 is 1. The minimum Gasteiger partial charge on any atom is -0.497 e. The van der Waals surface area contributed by atoms with Crippen LogP contribution in [0.4, 0.5) is 5.13 Å². The number of hydrogen-bond donors (Lipinski definition) is 1. The van der Waals surface area contributed by atoms with Gasteiger partial charge in [-0.15, -0.1) is 0 Å². The molecule has 3 nitrogen and oxygen atoms in total. The van der Waals surface area contributed by atoms with E-state index in [0.717, 1.165) is 21.1 Å². The predicted molar refractivity (Wildman–Crippen MR) is 89.4 cm³/mol. The van der Waals surface area contributed by atoms with Crippen LogP contribution in [0.2, 0.25) is 0 Å². The van der Waals surface area contributed by atoms with E-state index in [9.17, 15) is 0 Å². The van der Waals surface area contributed by atoms with Crippen LogP contribution in [0.15, 0.2) is 42.5 Å². The Morgan fingerprint density at radius 2 is 1.90 bits per heavy atom. The van der Waals surface area contributed by atoms with E-state index in [2.05, 4.69) is 48.4 Å². The minimum absolute atomic E-state index is 0.230. The molecule has 2 aromatic carbocycles. The van der Waals surface area contributed by atoms with Crippen LogP contribution in [0, 0.1) is 6.92 Å². The Kier molecular flexibility index (Phi) is 3.80. The molecule has 0 aliphatic carbocycles. The molecule has 4 heteroatoms. The van der Waals surface area contributed by atoms with E-state index < -0.39 is 0 Å². The molecular formula is C17H18N2OS. The lowest BCUT2D eigenvalue weighted by molar-refractivity contribution is 0.415. The summed E-state index contributed by atoms with van der Waals surface area (Å²) >= 11 is 1.65. The zero-order chi connectivity index (χ0) is 14.8. The summed E-state index contributed by atoms with van der Waals surface area (Å²) in [5, 5.41) is 4.41. The van der Waals surface area contributed by atoms with Gasteiger partial charge in [0.05, 0.1) is 23.4 Å². The molecule has 0 saturated carbocycles. The van der Waals surface area contributed by atoms with Gasteiger partial charge in [-0.3, -0.25) is 0 Å². The zero-order valence-electron chi connectivity index (χ0n) is 12.4. The van der Waals surface area contributed by atoms with Crippen molar-refractivity contribution in [3.05, 3.63) is 53.6 Å². The molecule has 21 heavy (non-hydrogen) atoms. The molecule has 0 bridgehead atoms. The fraction of sp³-hybridized carbons (Fsp3) is 0.235. The molecule has 0 fully saturated rings. The third kappa shape index (κ3) is 3.00. The average molecular weight is 298 g/mol. The Hall–Kier alpha value is -2.07. The molecule has 1 heterocycles. The number of aryl methyl sites for hydroxylation is 1. The van der Waals surface area contributed by atoms with E-state index in [0.29, 0.717) is 0 Å². The third-order valence-corrected chi connectivity index (χ3v) is 4.46. The summed E-state index contributed by atoms with van der Waals surface area (Å²) in [7, 11) is 1.68. The lowest BCUT2D eigenvalue weighted by Gasteiger charge is -2.13. The number of thiazole rings is 1. The van der Waals surface area contributed by atoms with Crippen molar-refractivity contribution >= 4 is 26.7 Å². The molecule has 1 atom stereocenters. The Morgan fingerprint density at radius 1 is 1.14 bits per heavy atom. The molecule has 1 N–H and O–H groups in total. The fourth-order valence-electron chi connectivity index (χ4n) is 2.22. The molecule has 1 unspecified atom stereocenters. The smallest absolute Gasteiger partial charge is 0.184 e. The standard InChI is InChI=1S/C17H18N2OS/c1-11-4-6-13(7-5-11)12(2)18-17-19-15-9-8-14(20-3)10-16(15)21-17/h4-10,12H,1-3H3,(H,18,19). The molecule has 0 aliphatic rings. The molecule has 108 valence electrons. The molecule has 0 radical (unpaired) electrons. The highest BCUT2D eigenvalue weighted by Gasteiger charge is 2.09. The first kappa shape index (κ1) is 13.9. The van der Waals surface area contributed by atoms with Gasteiger partial charge in [-0.25, -0.2) is 4.98 Å². The number of ether oxygens (including phenoxy) is 1. The lowest BCUT2D eigenvalue weighted by Crippen LogP contribution is -2.05. The summed E-state index contributed by atoms with van der Waals surface area (Å²) in [5.41, 5.74) is 3.54. The molecule has 0 aliphatic heterocycles. The van der Waals surface area contributed by atoms with E-state index in [-0.39, 0.29) is 6.04 Å². The number of fused-ring (bicyclic) bond motifs is 1. The van der Waals surface area contributed by atoms with Gasteiger partial charge in [-0.1, -0.05) is 41.2 Å². The summed E-state index contributed by atoms with van der Waals surface area (Å²) < 4.78 is 6.38. The normalized spacial score (nSPS) is 12.3. The van der Waals surface area contributed by atoms with Gasteiger partial charge in [-0.05, 0) is 37.6 Å². The van der Waals surface area contributed by atoms with E-state index in [1.54, 1.807) is 18.4 Å². The molecule has 0 saturated heterocycles. The lowest BCUT2D eigenvalue weighted by atomic mass is 10.1. The molecule has 0 spiro atoms. The van der Waals surface area contributed by atoms with E-state index in [1.165, 1.54) is 11.1 Å². The SMILES string of the molecule is COc1ccc2nc(NC(C)c3ccc(C)cc3)sc2c1. The Bertz CT molecular complexity index is 749. The van der Waals surface area contributed by atoms with Crippen LogP contribution in [-0.2, 0) is 0 Å². The van der Waals surface area contributed by atoms with E-state index >= 15 is 0 Å². The van der Waals surface area contributed by atoms with Gasteiger partial charge in [0, 0.05) is 0 Å². The van der Waals surface area contributed by atoms with Crippen molar-refractivity contribution in [2.24, 2.45) is 0 Å². The van der Waals surface area contributed by atoms with Crippen LogP contribution in [0.3, 0.4) is 0 Å².